The fraction of sp³-hybridized carbons (Fsp3) is 0.733. The van der Waals surface area contributed by atoms with E-state index in [1.807, 2.05) is 0 Å². The van der Waals surface area contributed by atoms with Gasteiger partial charge in [-0.1, -0.05) is 6.42 Å². The van der Waals surface area contributed by atoms with E-state index in [-0.39, 0.29) is 5.56 Å². The first kappa shape index (κ1) is 13.6. The number of hydrogen-bond donors (Lipinski definition) is 2. The first-order valence-electron chi connectivity index (χ1n) is 7.81. The molecule has 2 heterocycles. The van der Waals surface area contributed by atoms with Crippen LogP contribution in [0.5, 0.6) is 0 Å². The summed E-state index contributed by atoms with van der Waals surface area (Å²) < 4.78 is 0. The molecule has 1 saturated heterocycles. The van der Waals surface area contributed by atoms with Crippen molar-refractivity contribution in [2.24, 2.45) is 0 Å². The average Bonchev–Trinajstić information content (AvgIpc) is 3.30. The Morgan fingerprint density at radius 1 is 1.40 bits per heavy atom. The number of aromatic amines is 1. The number of anilines is 1. The zero-order valence-corrected chi connectivity index (χ0v) is 12.2. The van der Waals surface area contributed by atoms with Crippen LogP contribution < -0.4 is 10.9 Å². The maximum Gasteiger partial charge on any atom is 0.252 e. The summed E-state index contributed by atoms with van der Waals surface area (Å²) in [4.78, 5) is 21.5. The molecule has 0 amide bonds. The van der Waals surface area contributed by atoms with Crippen LogP contribution in [0.25, 0.3) is 0 Å². The van der Waals surface area contributed by atoms with Crippen LogP contribution in [0.1, 0.15) is 50.8 Å². The predicted octanol–water partition coefficient (Wildman–Crippen LogP) is 1.93. The number of aromatic nitrogens is 2. The van der Waals surface area contributed by atoms with Crippen LogP contribution in [0, 0.1) is 0 Å². The molecule has 2 aliphatic rings. The molecule has 5 nitrogen and oxygen atoms in total. The maximum absolute atomic E-state index is 11.6. The highest BCUT2D eigenvalue weighted by Crippen LogP contribution is 2.37. The second kappa shape index (κ2) is 5.95. The van der Waals surface area contributed by atoms with Gasteiger partial charge in [0.15, 0.2) is 0 Å². The summed E-state index contributed by atoms with van der Waals surface area (Å²) in [7, 11) is 0. The van der Waals surface area contributed by atoms with Crippen LogP contribution in [0.2, 0.25) is 0 Å². The lowest BCUT2D eigenvalue weighted by atomic mass is 10.1. The molecule has 0 aromatic carbocycles. The van der Waals surface area contributed by atoms with Crippen molar-refractivity contribution in [3.05, 3.63) is 22.2 Å². The summed E-state index contributed by atoms with van der Waals surface area (Å²) in [5.41, 5.74) is -0.0463. The van der Waals surface area contributed by atoms with E-state index in [0.29, 0.717) is 12.0 Å². The second-order valence-electron chi connectivity index (χ2n) is 6.12. The Morgan fingerprint density at radius 3 is 2.85 bits per heavy atom. The van der Waals surface area contributed by atoms with Crippen molar-refractivity contribution in [3.8, 4) is 0 Å². The molecule has 0 radical (unpaired) electrons. The Kier molecular flexibility index (Phi) is 4.05. The van der Waals surface area contributed by atoms with Gasteiger partial charge in [0.1, 0.15) is 11.6 Å². The summed E-state index contributed by atoms with van der Waals surface area (Å²) in [6, 6.07) is 2.05. The molecular formula is C15H24N4O. The van der Waals surface area contributed by atoms with Gasteiger partial charge in [-0.2, -0.15) is 0 Å². The van der Waals surface area contributed by atoms with E-state index in [0.717, 1.165) is 31.0 Å². The number of nitrogens with zero attached hydrogens (tertiary/aromatic N) is 2. The van der Waals surface area contributed by atoms with Gasteiger partial charge in [0, 0.05) is 24.6 Å². The Balaban J connectivity index is 1.58. The molecule has 1 aliphatic heterocycles. The SMILES string of the molecule is CC(CNc1cc(=O)[nH]c(C2CC2)n1)N1CCCCC1. The minimum Gasteiger partial charge on any atom is -0.368 e. The quantitative estimate of drug-likeness (QED) is 0.862. The van der Waals surface area contributed by atoms with Crippen molar-refractivity contribution in [1.29, 1.82) is 0 Å². The van der Waals surface area contributed by atoms with E-state index >= 15 is 0 Å². The zero-order chi connectivity index (χ0) is 13.9. The van der Waals surface area contributed by atoms with Crippen molar-refractivity contribution >= 4 is 5.82 Å². The third-order valence-electron chi connectivity index (χ3n) is 4.32. The number of nitrogens with one attached hydrogen (secondary N) is 2. The number of hydrogen-bond acceptors (Lipinski definition) is 4. The zero-order valence-electron chi connectivity index (χ0n) is 12.2. The molecule has 0 spiro atoms. The van der Waals surface area contributed by atoms with Gasteiger partial charge in [-0.3, -0.25) is 9.69 Å². The standard InChI is InChI=1S/C15H24N4O/c1-11(19-7-3-2-4-8-19)10-16-13-9-14(20)18-15(17-13)12-5-6-12/h9,11-12H,2-8,10H2,1H3,(H2,16,17,18,20). The maximum atomic E-state index is 11.6. The molecule has 1 aliphatic carbocycles. The molecule has 1 saturated carbocycles. The summed E-state index contributed by atoms with van der Waals surface area (Å²) in [5.74, 6) is 2.05. The highest BCUT2D eigenvalue weighted by molar-refractivity contribution is 5.34. The molecule has 3 rings (SSSR count). The highest BCUT2D eigenvalue weighted by Gasteiger charge is 2.26. The van der Waals surface area contributed by atoms with Gasteiger partial charge in [0.25, 0.3) is 5.56 Å². The normalized spacial score (nSPS) is 21.6. The minimum atomic E-state index is -0.0463. The Morgan fingerprint density at radius 2 is 2.15 bits per heavy atom. The lowest BCUT2D eigenvalue weighted by Crippen LogP contribution is -2.41. The van der Waals surface area contributed by atoms with Gasteiger partial charge in [-0.25, -0.2) is 4.98 Å². The van der Waals surface area contributed by atoms with E-state index in [9.17, 15) is 4.79 Å². The van der Waals surface area contributed by atoms with Crippen LogP contribution >= 0.6 is 0 Å². The van der Waals surface area contributed by atoms with Crippen molar-refractivity contribution < 1.29 is 0 Å². The fourth-order valence-corrected chi connectivity index (χ4v) is 2.86. The topological polar surface area (TPSA) is 61.0 Å². The van der Waals surface area contributed by atoms with E-state index in [1.165, 1.54) is 32.4 Å². The van der Waals surface area contributed by atoms with Gasteiger partial charge in [0.05, 0.1) is 0 Å². The monoisotopic (exact) mass is 276 g/mol. The lowest BCUT2D eigenvalue weighted by molar-refractivity contribution is 0.180. The molecule has 2 N–H and O–H groups in total. The number of likely N-dealkylation sites (tertiary alicyclic amines) is 1. The third-order valence-corrected chi connectivity index (χ3v) is 4.32. The first-order chi connectivity index (χ1) is 9.72. The molecule has 0 bridgehead atoms. The highest BCUT2D eigenvalue weighted by atomic mass is 16.1. The smallest absolute Gasteiger partial charge is 0.252 e. The summed E-state index contributed by atoms with van der Waals surface area (Å²) >= 11 is 0. The van der Waals surface area contributed by atoms with Crippen LogP contribution in [0.3, 0.4) is 0 Å². The van der Waals surface area contributed by atoms with Gasteiger partial charge >= 0.3 is 0 Å². The number of H-pyrrole nitrogens is 1. The molecule has 20 heavy (non-hydrogen) atoms. The number of rotatable bonds is 5. The van der Waals surface area contributed by atoms with E-state index in [2.05, 4.69) is 27.1 Å². The van der Waals surface area contributed by atoms with Crippen molar-refractivity contribution in [1.82, 2.24) is 14.9 Å². The van der Waals surface area contributed by atoms with Crippen molar-refractivity contribution in [3.63, 3.8) is 0 Å². The molecule has 2 fully saturated rings. The van der Waals surface area contributed by atoms with Gasteiger partial charge in [-0.05, 0) is 45.7 Å². The number of piperidine rings is 1. The predicted molar refractivity (Wildman–Crippen MR) is 80.2 cm³/mol. The van der Waals surface area contributed by atoms with Gasteiger partial charge < -0.3 is 10.3 Å². The Labute approximate surface area is 119 Å². The average molecular weight is 276 g/mol. The summed E-state index contributed by atoms with van der Waals surface area (Å²) in [5, 5.41) is 3.33. The third kappa shape index (κ3) is 3.39. The van der Waals surface area contributed by atoms with Crippen molar-refractivity contribution in [2.45, 2.75) is 51.0 Å². The van der Waals surface area contributed by atoms with Crippen LogP contribution in [0.15, 0.2) is 10.9 Å². The van der Waals surface area contributed by atoms with E-state index in [1.54, 1.807) is 6.07 Å². The van der Waals surface area contributed by atoms with E-state index in [4.69, 9.17) is 0 Å². The van der Waals surface area contributed by atoms with Crippen molar-refractivity contribution in [2.75, 3.05) is 25.0 Å². The second-order valence-corrected chi connectivity index (χ2v) is 6.12. The minimum absolute atomic E-state index is 0.0463. The summed E-state index contributed by atoms with van der Waals surface area (Å²) in [6.07, 6.45) is 6.27. The Hall–Kier alpha value is -1.36. The molecule has 1 atom stereocenters. The van der Waals surface area contributed by atoms with Crippen LogP contribution in [0.4, 0.5) is 5.82 Å². The largest absolute Gasteiger partial charge is 0.368 e. The molecule has 110 valence electrons. The Bertz CT molecular complexity index is 503. The fourth-order valence-electron chi connectivity index (χ4n) is 2.86. The van der Waals surface area contributed by atoms with Crippen LogP contribution in [-0.4, -0.2) is 40.5 Å². The summed E-state index contributed by atoms with van der Waals surface area (Å²) in [6.45, 7) is 5.48. The molecule has 5 heteroatoms. The first-order valence-corrected chi connectivity index (χ1v) is 7.81. The van der Waals surface area contributed by atoms with Crippen LogP contribution in [-0.2, 0) is 0 Å². The molecule has 1 aromatic rings. The van der Waals surface area contributed by atoms with Gasteiger partial charge in [-0.15, -0.1) is 0 Å². The lowest BCUT2D eigenvalue weighted by Gasteiger charge is -2.32. The molecule has 1 aromatic heterocycles. The van der Waals surface area contributed by atoms with E-state index < -0.39 is 0 Å². The molecule has 1 unspecified atom stereocenters. The molecular weight excluding hydrogens is 252 g/mol. The van der Waals surface area contributed by atoms with Gasteiger partial charge in [0.2, 0.25) is 0 Å².